The van der Waals surface area contributed by atoms with Crippen molar-refractivity contribution in [2.75, 3.05) is 18.9 Å². The quantitative estimate of drug-likeness (QED) is 0.676. The third kappa shape index (κ3) is 2.18. The molecule has 3 rings (SSSR count). The van der Waals surface area contributed by atoms with Crippen LogP contribution in [0.1, 0.15) is 19.3 Å². The molecule has 0 radical (unpaired) electrons. The molecular formula is C13H17N3O4S. The lowest BCUT2D eigenvalue weighted by molar-refractivity contribution is -0.386. The second kappa shape index (κ2) is 4.96. The summed E-state index contributed by atoms with van der Waals surface area (Å²) >= 11 is 0. The third-order valence-electron chi connectivity index (χ3n) is 4.40. The zero-order valence-corrected chi connectivity index (χ0v) is 12.5. The molecular weight excluding hydrogens is 294 g/mol. The third-order valence-corrected chi connectivity index (χ3v) is 6.35. The molecule has 1 aromatic rings. The number of para-hydroxylation sites is 1. The Morgan fingerprint density at radius 3 is 2.67 bits per heavy atom. The monoisotopic (exact) mass is 311 g/mol. The van der Waals surface area contributed by atoms with Crippen LogP contribution in [0, 0.1) is 16.0 Å². The van der Waals surface area contributed by atoms with Crippen molar-refractivity contribution in [1.82, 2.24) is 4.31 Å². The van der Waals surface area contributed by atoms with Crippen molar-refractivity contribution >= 4 is 21.4 Å². The average Bonchev–Trinajstić information content (AvgIpc) is 3.09. The summed E-state index contributed by atoms with van der Waals surface area (Å²) in [5.41, 5.74) is -0.159. The highest BCUT2D eigenvalue weighted by Gasteiger charge is 2.46. The fraction of sp³-hybridized carbons (Fsp3) is 0.538. The Morgan fingerprint density at radius 1 is 1.38 bits per heavy atom. The lowest BCUT2D eigenvalue weighted by Crippen LogP contribution is -2.37. The summed E-state index contributed by atoms with van der Waals surface area (Å²) < 4.78 is 27.1. The highest BCUT2D eigenvalue weighted by atomic mass is 32.2. The first-order valence-electron chi connectivity index (χ1n) is 6.92. The Morgan fingerprint density at radius 2 is 2.14 bits per heavy atom. The molecule has 2 atom stereocenters. The zero-order valence-electron chi connectivity index (χ0n) is 11.7. The summed E-state index contributed by atoms with van der Waals surface area (Å²) in [7, 11) is -2.29. The van der Waals surface area contributed by atoms with Gasteiger partial charge in [-0.2, -0.15) is 4.31 Å². The van der Waals surface area contributed by atoms with Crippen LogP contribution in [0.3, 0.4) is 0 Å². The van der Waals surface area contributed by atoms with Crippen molar-refractivity contribution in [2.24, 2.45) is 5.92 Å². The number of benzene rings is 1. The minimum absolute atomic E-state index is 0.00199. The molecule has 1 aliphatic carbocycles. The van der Waals surface area contributed by atoms with Gasteiger partial charge in [0.25, 0.3) is 0 Å². The Bertz CT molecular complexity index is 689. The van der Waals surface area contributed by atoms with Gasteiger partial charge in [0.2, 0.25) is 10.0 Å². The van der Waals surface area contributed by atoms with Gasteiger partial charge in [-0.25, -0.2) is 8.42 Å². The molecule has 1 aliphatic heterocycles. The van der Waals surface area contributed by atoms with Gasteiger partial charge in [-0.1, -0.05) is 6.07 Å². The maximum Gasteiger partial charge on any atom is 0.312 e. The number of anilines is 1. The molecule has 1 aromatic carbocycles. The summed E-state index contributed by atoms with van der Waals surface area (Å²) in [6.45, 7) is 0.480. The molecule has 1 saturated heterocycles. The van der Waals surface area contributed by atoms with Gasteiger partial charge in [0.15, 0.2) is 4.90 Å². The molecule has 1 N–H and O–H groups in total. The predicted molar refractivity (Wildman–Crippen MR) is 77.7 cm³/mol. The van der Waals surface area contributed by atoms with Gasteiger partial charge in [-0.15, -0.1) is 0 Å². The maximum absolute atomic E-state index is 12.8. The first-order chi connectivity index (χ1) is 9.95. The lowest BCUT2D eigenvalue weighted by atomic mass is 10.1. The number of nitro groups is 1. The van der Waals surface area contributed by atoms with Crippen molar-refractivity contribution in [3.63, 3.8) is 0 Å². The van der Waals surface area contributed by atoms with Crippen molar-refractivity contribution in [1.29, 1.82) is 0 Å². The molecule has 1 heterocycles. The summed E-state index contributed by atoms with van der Waals surface area (Å²) in [5.74, 6) is 0.399. The zero-order chi connectivity index (χ0) is 15.2. The molecule has 21 heavy (non-hydrogen) atoms. The van der Waals surface area contributed by atoms with Crippen LogP contribution in [0.2, 0.25) is 0 Å². The largest absolute Gasteiger partial charge is 0.383 e. The molecule has 2 aliphatic rings. The number of nitro benzene ring substituents is 1. The second-order valence-corrected chi connectivity index (χ2v) is 7.43. The average molecular weight is 311 g/mol. The lowest BCUT2D eigenvalue weighted by Gasteiger charge is -2.26. The van der Waals surface area contributed by atoms with Crippen LogP contribution in [-0.4, -0.2) is 37.3 Å². The predicted octanol–water partition coefficient (Wildman–Crippen LogP) is 1.81. The minimum atomic E-state index is -3.83. The summed E-state index contributed by atoms with van der Waals surface area (Å²) in [4.78, 5) is 10.5. The van der Waals surface area contributed by atoms with Crippen molar-refractivity contribution in [2.45, 2.75) is 30.2 Å². The highest BCUT2D eigenvalue weighted by Crippen LogP contribution is 2.42. The number of hydrogen-bond acceptors (Lipinski definition) is 5. The Labute approximate surface area is 123 Å². The maximum atomic E-state index is 12.8. The van der Waals surface area contributed by atoms with Crippen LogP contribution in [0.25, 0.3) is 0 Å². The van der Waals surface area contributed by atoms with Gasteiger partial charge in [0.1, 0.15) is 5.69 Å². The fourth-order valence-electron chi connectivity index (χ4n) is 3.42. The topological polar surface area (TPSA) is 92.6 Å². The van der Waals surface area contributed by atoms with E-state index in [2.05, 4.69) is 5.32 Å². The number of hydrogen-bond donors (Lipinski definition) is 1. The van der Waals surface area contributed by atoms with Crippen molar-refractivity contribution in [3.05, 3.63) is 28.3 Å². The molecule has 114 valence electrons. The summed E-state index contributed by atoms with van der Waals surface area (Å²) in [5, 5.41) is 14.0. The van der Waals surface area contributed by atoms with Crippen LogP contribution in [0.4, 0.5) is 11.4 Å². The minimum Gasteiger partial charge on any atom is -0.383 e. The molecule has 2 bridgehead atoms. The molecule has 2 unspecified atom stereocenters. The molecule has 0 amide bonds. The fourth-order valence-corrected chi connectivity index (χ4v) is 5.34. The van der Waals surface area contributed by atoms with E-state index in [1.807, 2.05) is 0 Å². The number of fused-ring (bicyclic) bond motifs is 2. The van der Waals surface area contributed by atoms with Crippen LogP contribution in [-0.2, 0) is 10.0 Å². The van der Waals surface area contributed by atoms with Crippen LogP contribution in [0.5, 0.6) is 0 Å². The molecule has 0 spiro atoms. The normalized spacial score (nSPS) is 25.2. The Hall–Kier alpha value is -1.67. The number of nitrogens with zero attached hydrogens (tertiary/aromatic N) is 2. The molecule has 8 heteroatoms. The van der Waals surface area contributed by atoms with E-state index in [0.29, 0.717) is 12.5 Å². The van der Waals surface area contributed by atoms with E-state index in [4.69, 9.17) is 0 Å². The van der Waals surface area contributed by atoms with E-state index in [-0.39, 0.29) is 22.3 Å². The molecule has 1 saturated carbocycles. The van der Waals surface area contributed by atoms with Crippen molar-refractivity contribution < 1.29 is 13.3 Å². The van der Waals surface area contributed by atoms with Crippen LogP contribution < -0.4 is 5.32 Å². The standard InChI is InChI=1S/C13H17N3O4S/c1-14-11-3-2-4-12(13(11)16(17)18)21(19,20)15-8-9-5-6-10(15)7-9/h2-4,9-10,14H,5-8H2,1H3. The highest BCUT2D eigenvalue weighted by molar-refractivity contribution is 7.89. The molecule has 7 nitrogen and oxygen atoms in total. The first-order valence-corrected chi connectivity index (χ1v) is 8.36. The van der Waals surface area contributed by atoms with E-state index < -0.39 is 14.9 Å². The van der Waals surface area contributed by atoms with E-state index in [1.165, 1.54) is 29.6 Å². The van der Waals surface area contributed by atoms with E-state index in [1.54, 1.807) is 0 Å². The Balaban J connectivity index is 2.09. The van der Waals surface area contributed by atoms with Crippen LogP contribution >= 0.6 is 0 Å². The number of sulfonamides is 1. The second-order valence-electron chi connectivity index (χ2n) is 5.57. The number of nitrogens with one attached hydrogen (secondary N) is 1. The number of piperidine rings is 1. The Kier molecular flexibility index (Phi) is 3.37. The molecule has 0 aromatic heterocycles. The SMILES string of the molecule is CNc1cccc(S(=O)(=O)N2CC3CCC2C3)c1[N+](=O)[O-]. The van der Waals surface area contributed by atoms with Gasteiger partial charge in [-0.3, -0.25) is 10.1 Å². The van der Waals surface area contributed by atoms with E-state index in [9.17, 15) is 18.5 Å². The summed E-state index contributed by atoms with van der Waals surface area (Å²) in [6, 6.07) is 4.35. The van der Waals surface area contributed by atoms with E-state index >= 15 is 0 Å². The van der Waals surface area contributed by atoms with Crippen molar-refractivity contribution in [3.8, 4) is 0 Å². The van der Waals surface area contributed by atoms with Gasteiger partial charge in [0, 0.05) is 19.6 Å². The van der Waals surface area contributed by atoms with Crippen LogP contribution in [0.15, 0.2) is 23.1 Å². The van der Waals surface area contributed by atoms with E-state index in [0.717, 1.165) is 19.3 Å². The number of rotatable bonds is 4. The first kappa shape index (κ1) is 14.3. The van der Waals surface area contributed by atoms with Gasteiger partial charge in [0.05, 0.1) is 4.92 Å². The van der Waals surface area contributed by atoms with Gasteiger partial charge >= 0.3 is 5.69 Å². The summed E-state index contributed by atoms with van der Waals surface area (Å²) in [6.07, 6.45) is 2.78. The van der Waals surface area contributed by atoms with Gasteiger partial charge in [-0.05, 0) is 37.3 Å². The smallest absolute Gasteiger partial charge is 0.312 e. The molecule has 2 fully saturated rings. The van der Waals surface area contributed by atoms with Gasteiger partial charge < -0.3 is 5.32 Å².